The minimum atomic E-state index is -3.23. The molecule has 158 valence electrons. The van der Waals surface area contributed by atoms with Crippen molar-refractivity contribution in [2.75, 3.05) is 12.3 Å². The molecule has 7 nitrogen and oxygen atoms in total. The van der Waals surface area contributed by atoms with E-state index in [1.807, 2.05) is 31.2 Å². The highest BCUT2D eigenvalue weighted by molar-refractivity contribution is 7.98. The van der Waals surface area contributed by atoms with Crippen molar-refractivity contribution in [1.29, 1.82) is 0 Å². The number of pyridine rings is 1. The summed E-state index contributed by atoms with van der Waals surface area (Å²) in [5.41, 5.74) is 1.99. The van der Waals surface area contributed by atoms with Gasteiger partial charge >= 0.3 is 0 Å². The van der Waals surface area contributed by atoms with Crippen LogP contribution in [0, 0.1) is 6.92 Å². The third-order valence-electron chi connectivity index (χ3n) is 4.20. The highest BCUT2D eigenvalue weighted by atomic mass is 32.2. The molecule has 0 bridgehead atoms. The van der Waals surface area contributed by atoms with Gasteiger partial charge in [-0.15, -0.1) is 0 Å². The molecule has 1 amide bonds. The van der Waals surface area contributed by atoms with Crippen LogP contribution < -0.4 is 5.32 Å². The van der Waals surface area contributed by atoms with Crippen LogP contribution in [0.15, 0.2) is 64.3 Å². The summed E-state index contributed by atoms with van der Waals surface area (Å²) in [5.74, 6) is 1.01. The summed E-state index contributed by atoms with van der Waals surface area (Å²) >= 11 is 1.40. The van der Waals surface area contributed by atoms with Crippen molar-refractivity contribution in [3.8, 4) is 0 Å². The molecular formula is C21H23N3O4S2. The number of hydrogen-bond acceptors (Lipinski definition) is 7. The monoisotopic (exact) mass is 445 g/mol. The molecule has 0 radical (unpaired) electrons. The summed E-state index contributed by atoms with van der Waals surface area (Å²) in [5, 5.41) is 7.32. The second-order valence-electron chi connectivity index (χ2n) is 6.76. The molecule has 1 aromatic carbocycles. The van der Waals surface area contributed by atoms with Gasteiger partial charge in [0.2, 0.25) is 0 Å². The van der Waals surface area contributed by atoms with E-state index in [1.54, 1.807) is 30.5 Å². The number of benzene rings is 1. The number of carbonyl (C=O) groups excluding carboxylic acids is 1. The number of nitrogens with one attached hydrogen (secondary N) is 1. The van der Waals surface area contributed by atoms with Gasteiger partial charge in [-0.05, 0) is 31.0 Å². The third-order valence-corrected chi connectivity index (χ3v) is 6.92. The largest absolute Gasteiger partial charge is 0.361 e. The molecule has 3 rings (SSSR count). The lowest BCUT2D eigenvalue weighted by Gasteiger charge is -2.09. The molecule has 0 atom stereocenters. The highest BCUT2D eigenvalue weighted by Gasteiger charge is 2.15. The summed E-state index contributed by atoms with van der Waals surface area (Å²) in [4.78, 5) is 16.8. The van der Waals surface area contributed by atoms with Gasteiger partial charge in [0, 0.05) is 24.6 Å². The van der Waals surface area contributed by atoms with E-state index < -0.39 is 9.84 Å². The minimum absolute atomic E-state index is 0.00665. The fraction of sp³-hybridized carbons (Fsp3) is 0.286. The fourth-order valence-corrected chi connectivity index (χ4v) is 5.10. The fourth-order valence-electron chi connectivity index (χ4n) is 2.80. The van der Waals surface area contributed by atoms with Crippen LogP contribution >= 0.6 is 11.8 Å². The van der Waals surface area contributed by atoms with Crippen LogP contribution in [-0.4, -0.2) is 36.8 Å². The molecule has 0 aliphatic carbocycles. The molecule has 30 heavy (non-hydrogen) atoms. The van der Waals surface area contributed by atoms with Gasteiger partial charge in [-0.25, -0.2) is 13.4 Å². The molecule has 0 aliphatic rings. The quantitative estimate of drug-likeness (QED) is 0.377. The van der Waals surface area contributed by atoms with Crippen LogP contribution in [-0.2, 0) is 21.3 Å². The Balaban J connectivity index is 1.49. The van der Waals surface area contributed by atoms with E-state index >= 15 is 0 Å². The first-order valence-electron chi connectivity index (χ1n) is 9.45. The minimum Gasteiger partial charge on any atom is -0.361 e. The number of amides is 1. The first kappa shape index (κ1) is 22.0. The predicted molar refractivity (Wildman–Crippen MR) is 116 cm³/mol. The smallest absolute Gasteiger partial charge is 0.254 e. The van der Waals surface area contributed by atoms with Crippen molar-refractivity contribution in [2.45, 2.75) is 29.9 Å². The van der Waals surface area contributed by atoms with Crippen molar-refractivity contribution in [3.63, 3.8) is 0 Å². The van der Waals surface area contributed by atoms with Crippen molar-refractivity contribution in [3.05, 3.63) is 77.3 Å². The average molecular weight is 446 g/mol. The van der Waals surface area contributed by atoms with E-state index in [9.17, 15) is 13.2 Å². The second kappa shape index (κ2) is 10.4. The number of aryl methyl sites for hydroxylation is 1. The Morgan fingerprint density at radius 3 is 2.70 bits per heavy atom. The molecule has 3 aromatic rings. The average Bonchev–Trinajstić information content (AvgIpc) is 3.15. The lowest BCUT2D eigenvalue weighted by molar-refractivity contribution is 0.0950. The Morgan fingerprint density at radius 1 is 1.17 bits per heavy atom. The van der Waals surface area contributed by atoms with Gasteiger partial charge in [0.15, 0.2) is 9.84 Å². The van der Waals surface area contributed by atoms with E-state index in [4.69, 9.17) is 4.52 Å². The SMILES string of the molecule is Cc1cc(CSc2ncccc2C(=O)NCCCS(=O)(=O)Cc2ccccc2)no1. The lowest BCUT2D eigenvalue weighted by atomic mass is 10.2. The predicted octanol–water partition coefficient (Wildman–Crippen LogP) is 3.41. The zero-order valence-electron chi connectivity index (χ0n) is 16.6. The second-order valence-corrected chi connectivity index (χ2v) is 9.91. The molecule has 0 saturated carbocycles. The summed E-state index contributed by atoms with van der Waals surface area (Å²) < 4.78 is 29.6. The maximum Gasteiger partial charge on any atom is 0.254 e. The molecule has 2 heterocycles. The Labute approximate surface area is 180 Å². The normalized spacial score (nSPS) is 11.4. The number of sulfone groups is 1. The summed E-state index contributed by atoms with van der Waals surface area (Å²) in [6, 6.07) is 14.3. The van der Waals surface area contributed by atoms with Crippen molar-refractivity contribution in [1.82, 2.24) is 15.5 Å². The Morgan fingerprint density at radius 2 is 1.97 bits per heavy atom. The molecule has 9 heteroatoms. The first-order valence-corrected chi connectivity index (χ1v) is 12.3. The molecule has 0 fully saturated rings. The van der Waals surface area contributed by atoms with Crippen LogP contribution in [0.2, 0.25) is 0 Å². The standard InChI is InChI=1S/C21H23N3O4S2/c1-16-13-18(24-28-16)14-29-21-19(9-5-10-23-21)20(25)22-11-6-12-30(26,27)15-17-7-3-2-4-8-17/h2-5,7-10,13H,6,11-12,14-15H2,1H3,(H,22,25). The number of carbonyl (C=O) groups is 1. The van der Waals surface area contributed by atoms with E-state index in [-0.39, 0.29) is 24.0 Å². The highest BCUT2D eigenvalue weighted by Crippen LogP contribution is 2.24. The molecular weight excluding hydrogens is 422 g/mol. The van der Waals surface area contributed by atoms with Crippen molar-refractivity contribution >= 4 is 27.5 Å². The lowest BCUT2D eigenvalue weighted by Crippen LogP contribution is -2.26. The Hall–Kier alpha value is -2.65. The molecule has 0 unspecified atom stereocenters. The van der Waals surface area contributed by atoms with Gasteiger partial charge < -0.3 is 9.84 Å². The van der Waals surface area contributed by atoms with Gasteiger partial charge in [0.05, 0.1) is 22.8 Å². The van der Waals surface area contributed by atoms with E-state index in [0.29, 0.717) is 22.8 Å². The maximum absolute atomic E-state index is 12.5. The van der Waals surface area contributed by atoms with E-state index in [0.717, 1.165) is 17.0 Å². The summed E-state index contributed by atoms with van der Waals surface area (Å²) in [7, 11) is -3.23. The molecule has 2 aromatic heterocycles. The summed E-state index contributed by atoms with van der Waals surface area (Å²) in [6.45, 7) is 2.09. The number of aromatic nitrogens is 2. The van der Waals surface area contributed by atoms with Crippen LogP contribution in [0.4, 0.5) is 0 Å². The first-order chi connectivity index (χ1) is 14.4. The number of rotatable bonds is 10. The molecule has 0 spiro atoms. The van der Waals surface area contributed by atoms with Crippen LogP contribution in [0.25, 0.3) is 0 Å². The summed E-state index contributed by atoms with van der Waals surface area (Å²) in [6.07, 6.45) is 1.98. The number of hydrogen-bond donors (Lipinski definition) is 1. The zero-order chi connectivity index (χ0) is 21.4. The van der Waals surface area contributed by atoms with E-state index in [2.05, 4.69) is 15.5 Å². The molecule has 0 saturated heterocycles. The zero-order valence-corrected chi connectivity index (χ0v) is 18.2. The Kier molecular flexibility index (Phi) is 7.64. The van der Waals surface area contributed by atoms with Crippen molar-refractivity contribution in [2.24, 2.45) is 0 Å². The Bertz CT molecular complexity index is 1080. The van der Waals surface area contributed by atoms with Gasteiger partial charge in [0.1, 0.15) is 10.8 Å². The van der Waals surface area contributed by atoms with Gasteiger partial charge in [-0.3, -0.25) is 4.79 Å². The van der Waals surface area contributed by atoms with Gasteiger partial charge in [-0.2, -0.15) is 0 Å². The number of thioether (sulfide) groups is 1. The maximum atomic E-state index is 12.5. The van der Waals surface area contributed by atoms with Gasteiger partial charge in [-0.1, -0.05) is 47.3 Å². The van der Waals surface area contributed by atoms with Crippen LogP contribution in [0.5, 0.6) is 0 Å². The third kappa shape index (κ3) is 6.70. The van der Waals surface area contributed by atoms with Crippen molar-refractivity contribution < 1.29 is 17.7 Å². The van der Waals surface area contributed by atoms with Gasteiger partial charge in [0.25, 0.3) is 5.91 Å². The van der Waals surface area contributed by atoms with Crippen LogP contribution in [0.3, 0.4) is 0 Å². The molecule has 1 N–H and O–H groups in total. The topological polar surface area (TPSA) is 102 Å². The van der Waals surface area contributed by atoms with Crippen LogP contribution in [0.1, 0.15) is 33.8 Å². The van der Waals surface area contributed by atoms with E-state index in [1.165, 1.54) is 11.8 Å². The number of nitrogens with zero attached hydrogens (tertiary/aromatic N) is 2. The molecule has 0 aliphatic heterocycles.